The number of rotatable bonds is 7. The Morgan fingerprint density at radius 1 is 1.18 bits per heavy atom. The maximum absolute atomic E-state index is 4.80. The topological polar surface area (TPSA) is 29.9 Å². The zero-order valence-electron chi connectivity index (χ0n) is 12.0. The lowest BCUT2D eigenvalue weighted by Gasteiger charge is -2.13. The first kappa shape index (κ1) is 14.2. The van der Waals surface area contributed by atoms with Gasteiger partial charge in [0.15, 0.2) is 0 Å². The molecule has 0 aliphatic rings. The molecule has 0 bridgehead atoms. The van der Waals surface area contributed by atoms with E-state index in [1.807, 2.05) is 0 Å². The Kier molecular flexibility index (Phi) is 5.69. The van der Waals surface area contributed by atoms with Gasteiger partial charge in [0, 0.05) is 23.8 Å². The van der Waals surface area contributed by atoms with E-state index in [2.05, 4.69) is 44.6 Å². The summed E-state index contributed by atoms with van der Waals surface area (Å²) in [5.41, 5.74) is 4.11. The standard InChI is InChI=1S/C14H27N3/c1-6-11(5)17-14(8-3)12(10-15-9-4)13(7-2)16-17/h11,15H,6-10H2,1-5H3. The molecule has 1 heterocycles. The van der Waals surface area contributed by atoms with Crippen molar-refractivity contribution in [3.05, 3.63) is 17.0 Å². The molecule has 0 spiro atoms. The highest BCUT2D eigenvalue weighted by atomic mass is 15.3. The van der Waals surface area contributed by atoms with Crippen molar-refractivity contribution in [1.29, 1.82) is 0 Å². The summed E-state index contributed by atoms with van der Waals surface area (Å²) in [6.07, 6.45) is 3.23. The van der Waals surface area contributed by atoms with Crippen molar-refractivity contribution in [2.45, 2.75) is 66.5 Å². The number of aromatic nitrogens is 2. The molecular weight excluding hydrogens is 210 g/mol. The van der Waals surface area contributed by atoms with Crippen LogP contribution in [0, 0.1) is 0 Å². The Balaban J connectivity index is 3.10. The maximum Gasteiger partial charge on any atom is 0.0669 e. The molecule has 1 aromatic rings. The van der Waals surface area contributed by atoms with Crippen LogP contribution >= 0.6 is 0 Å². The molecule has 0 saturated heterocycles. The molecule has 0 aromatic carbocycles. The predicted molar refractivity (Wildman–Crippen MR) is 73.4 cm³/mol. The molecule has 1 aromatic heterocycles. The SMILES string of the molecule is CCNCc1c(CC)nn(C(C)CC)c1CC. The van der Waals surface area contributed by atoms with Crippen LogP contribution in [0.5, 0.6) is 0 Å². The second-order valence-corrected chi connectivity index (χ2v) is 4.56. The van der Waals surface area contributed by atoms with Crippen LogP contribution in [0.1, 0.15) is 64.0 Å². The Bertz CT molecular complexity index is 341. The van der Waals surface area contributed by atoms with E-state index in [1.165, 1.54) is 17.0 Å². The van der Waals surface area contributed by atoms with Crippen molar-refractivity contribution in [3.63, 3.8) is 0 Å². The fourth-order valence-electron chi connectivity index (χ4n) is 2.21. The first-order chi connectivity index (χ1) is 8.19. The molecule has 3 heteroatoms. The smallest absolute Gasteiger partial charge is 0.0669 e. The van der Waals surface area contributed by atoms with Crippen LogP contribution in [-0.2, 0) is 19.4 Å². The second kappa shape index (κ2) is 6.80. The Morgan fingerprint density at radius 2 is 1.88 bits per heavy atom. The summed E-state index contributed by atoms with van der Waals surface area (Å²) in [6.45, 7) is 13.0. The number of aryl methyl sites for hydroxylation is 1. The highest BCUT2D eigenvalue weighted by molar-refractivity contribution is 5.27. The monoisotopic (exact) mass is 237 g/mol. The average Bonchev–Trinajstić information content (AvgIpc) is 2.72. The molecule has 0 saturated carbocycles. The molecule has 0 aliphatic carbocycles. The molecule has 3 nitrogen and oxygen atoms in total. The van der Waals surface area contributed by atoms with Gasteiger partial charge < -0.3 is 5.32 Å². The highest BCUT2D eigenvalue weighted by Gasteiger charge is 2.17. The molecule has 1 atom stereocenters. The van der Waals surface area contributed by atoms with Gasteiger partial charge in [0.05, 0.1) is 5.69 Å². The van der Waals surface area contributed by atoms with Crippen LogP contribution in [0.25, 0.3) is 0 Å². The minimum Gasteiger partial charge on any atom is -0.313 e. The fraction of sp³-hybridized carbons (Fsp3) is 0.786. The van der Waals surface area contributed by atoms with E-state index in [0.717, 1.165) is 32.4 Å². The van der Waals surface area contributed by atoms with Gasteiger partial charge in [0.2, 0.25) is 0 Å². The van der Waals surface area contributed by atoms with Gasteiger partial charge in [-0.15, -0.1) is 0 Å². The van der Waals surface area contributed by atoms with E-state index in [1.54, 1.807) is 0 Å². The quantitative estimate of drug-likeness (QED) is 0.790. The van der Waals surface area contributed by atoms with Crippen molar-refractivity contribution in [3.8, 4) is 0 Å². The third kappa shape index (κ3) is 3.09. The first-order valence-corrected chi connectivity index (χ1v) is 6.99. The summed E-state index contributed by atoms with van der Waals surface area (Å²) in [4.78, 5) is 0. The van der Waals surface area contributed by atoms with Gasteiger partial charge in [-0.1, -0.05) is 27.7 Å². The third-order valence-electron chi connectivity index (χ3n) is 3.43. The van der Waals surface area contributed by atoms with Gasteiger partial charge >= 0.3 is 0 Å². The molecule has 0 amide bonds. The zero-order chi connectivity index (χ0) is 12.8. The fourth-order valence-corrected chi connectivity index (χ4v) is 2.21. The van der Waals surface area contributed by atoms with E-state index in [4.69, 9.17) is 5.10 Å². The van der Waals surface area contributed by atoms with E-state index in [-0.39, 0.29) is 0 Å². The molecule has 1 rings (SSSR count). The number of hydrogen-bond donors (Lipinski definition) is 1. The van der Waals surface area contributed by atoms with Gasteiger partial charge in [0.25, 0.3) is 0 Å². The zero-order valence-corrected chi connectivity index (χ0v) is 12.0. The minimum atomic E-state index is 0.505. The van der Waals surface area contributed by atoms with E-state index in [9.17, 15) is 0 Å². The largest absolute Gasteiger partial charge is 0.313 e. The van der Waals surface area contributed by atoms with Crippen LogP contribution in [0.3, 0.4) is 0 Å². The summed E-state index contributed by atoms with van der Waals surface area (Å²) in [5, 5.41) is 8.23. The van der Waals surface area contributed by atoms with Gasteiger partial charge in [-0.25, -0.2) is 0 Å². The van der Waals surface area contributed by atoms with E-state index >= 15 is 0 Å². The molecule has 98 valence electrons. The molecule has 17 heavy (non-hydrogen) atoms. The summed E-state index contributed by atoms with van der Waals surface area (Å²) in [5.74, 6) is 0. The van der Waals surface area contributed by atoms with Crippen LogP contribution in [0.4, 0.5) is 0 Å². The molecule has 1 unspecified atom stereocenters. The Hall–Kier alpha value is -0.830. The number of nitrogens with one attached hydrogen (secondary N) is 1. The molecular formula is C14H27N3. The molecule has 0 fully saturated rings. The maximum atomic E-state index is 4.80. The summed E-state index contributed by atoms with van der Waals surface area (Å²) < 4.78 is 2.24. The average molecular weight is 237 g/mol. The van der Waals surface area contributed by atoms with Crippen molar-refractivity contribution < 1.29 is 0 Å². The summed E-state index contributed by atoms with van der Waals surface area (Å²) >= 11 is 0. The van der Waals surface area contributed by atoms with E-state index in [0.29, 0.717) is 6.04 Å². The lowest BCUT2D eigenvalue weighted by atomic mass is 10.1. The van der Waals surface area contributed by atoms with Crippen molar-refractivity contribution in [1.82, 2.24) is 15.1 Å². The van der Waals surface area contributed by atoms with Crippen LogP contribution in [0.15, 0.2) is 0 Å². The first-order valence-electron chi connectivity index (χ1n) is 6.99. The van der Waals surface area contributed by atoms with Gasteiger partial charge in [-0.05, 0) is 32.7 Å². The lowest BCUT2D eigenvalue weighted by molar-refractivity contribution is 0.457. The predicted octanol–water partition coefficient (Wildman–Crippen LogP) is 3.09. The summed E-state index contributed by atoms with van der Waals surface area (Å²) in [6, 6.07) is 0.505. The number of nitrogens with zero attached hydrogens (tertiary/aromatic N) is 2. The minimum absolute atomic E-state index is 0.505. The van der Waals surface area contributed by atoms with Crippen LogP contribution in [0.2, 0.25) is 0 Å². The highest BCUT2D eigenvalue weighted by Crippen LogP contribution is 2.21. The molecule has 1 N–H and O–H groups in total. The van der Waals surface area contributed by atoms with Gasteiger partial charge in [-0.3, -0.25) is 4.68 Å². The van der Waals surface area contributed by atoms with Gasteiger partial charge in [0.1, 0.15) is 0 Å². The van der Waals surface area contributed by atoms with Crippen LogP contribution < -0.4 is 5.32 Å². The second-order valence-electron chi connectivity index (χ2n) is 4.56. The van der Waals surface area contributed by atoms with E-state index < -0.39 is 0 Å². The van der Waals surface area contributed by atoms with Crippen molar-refractivity contribution in [2.24, 2.45) is 0 Å². The molecule has 0 radical (unpaired) electrons. The lowest BCUT2D eigenvalue weighted by Crippen LogP contribution is -2.15. The molecule has 0 aliphatic heterocycles. The third-order valence-corrected chi connectivity index (χ3v) is 3.43. The van der Waals surface area contributed by atoms with Crippen molar-refractivity contribution in [2.75, 3.05) is 6.54 Å². The summed E-state index contributed by atoms with van der Waals surface area (Å²) in [7, 11) is 0. The Morgan fingerprint density at radius 3 is 2.35 bits per heavy atom. The van der Waals surface area contributed by atoms with Gasteiger partial charge in [-0.2, -0.15) is 5.10 Å². The Labute approximate surface area is 106 Å². The normalized spacial score (nSPS) is 13.0. The number of hydrogen-bond acceptors (Lipinski definition) is 2. The van der Waals surface area contributed by atoms with Crippen molar-refractivity contribution >= 4 is 0 Å². The van der Waals surface area contributed by atoms with Crippen LogP contribution in [-0.4, -0.2) is 16.3 Å².